The number of rotatable bonds is 7. The van der Waals surface area contributed by atoms with Crippen molar-refractivity contribution in [3.63, 3.8) is 0 Å². The van der Waals surface area contributed by atoms with Gasteiger partial charge in [-0.1, -0.05) is 12.1 Å². The number of piperidine rings is 1. The number of halogens is 4. The smallest absolute Gasteiger partial charge is 0.257 e. The number of nitrogens with one attached hydrogen (secondary N) is 1. The molecule has 4 amide bonds. The average molecular weight is 803 g/mol. The third-order valence-electron chi connectivity index (χ3n) is 13.2. The van der Waals surface area contributed by atoms with E-state index in [0.29, 0.717) is 74.5 Å². The van der Waals surface area contributed by atoms with E-state index in [0.717, 1.165) is 36.5 Å². The fraction of sp³-hybridized carbons (Fsp3) is 0.488. The molecule has 0 saturated carbocycles. The molecule has 2 unspecified atom stereocenters. The maximum absolute atomic E-state index is 16.3. The molecule has 6 heterocycles. The highest BCUT2D eigenvalue weighted by Crippen LogP contribution is 2.45. The van der Waals surface area contributed by atoms with Crippen LogP contribution in [0, 0.1) is 17.0 Å². The third kappa shape index (κ3) is 6.89. The molecular formula is C43H46F4N6O5. The van der Waals surface area contributed by atoms with Gasteiger partial charge in [0.25, 0.3) is 11.8 Å². The van der Waals surface area contributed by atoms with Gasteiger partial charge in [0.05, 0.1) is 19.1 Å². The van der Waals surface area contributed by atoms with Crippen LogP contribution in [0.15, 0.2) is 42.5 Å². The molecule has 3 aromatic carbocycles. The minimum atomic E-state index is -3.11. The van der Waals surface area contributed by atoms with Crippen LogP contribution >= 0.6 is 0 Å². The van der Waals surface area contributed by atoms with Gasteiger partial charge in [-0.2, -0.15) is 0 Å². The summed E-state index contributed by atoms with van der Waals surface area (Å²) < 4.78 is 61.4. The average Bonchev–Trinajstić information content (AvgIpc) is 3.94. The molecular weight excluding hydrogens is 757 g/mol. The van der Waals surface area contributed by atoms with Gasteiger partial charge in [0, 0.05) is 80.9 Å². The lowest BCUT2D eigenvalue weighted by molar-refractivity contribution is -0.137. The molecule has 1 spiro atoms. The number of hydrogen-bond acceptors (Lipinski definition) is 8. The largest absolute Gasteiger partial charge is 0.508 e. The zero-order chi connectivity index (χ0) is 40.8. The van der Waals surface area contributed by atoms with Crippen LogP contribution in [0.4, 0.5) is 23.2 Å². The summed E-state index contributed by atoms with van der Waals surface area (Å²) in [6, 6.07) is 8.65. The number of amides is 4. The number of aromatic hydroxyl groups is 1. The maximum atomic E-state index is 16.3. The summed E-state index contributed by atoms with van der Waals surface area (Å²) in [6.45, 7) is 5.63. The van der Waals surface area contributed by atoms with E-state index in [1.807, 2.05) is 17.0 Å². The molecule has 9 rings (SSSR count). The number of fused-ring (bicyclic) bond motifs is 3. The van der Waals surface area contributed by atoms with Gasteiger partial charge in [-0.25, -0.2) is 17.6 Å². The predicted molar refractivity (Wildman–Crippen MR) is 204 cm³/mol. The van der Waals surface area contributed by atoms with Crippen molar-refractivity contribution in [2.75, 3.05) is 44.2 Å². The van der Waals surface area contributed by atoms with Gasteiger partial charge in [-0.05, 0) is 97.3 Å². The molecule has 3 aromatic rings. The Morgan fingerprint density at radius 2 is 1.66 bits per heavy atom. The number of alkyl halides is 2. The van der Waals surface area contributed by atoms with Crippen LogP contribution in [0.3, 0.4) is 0 Å². The molecule has 0 aliphatic carbocycles. The summed E-state index contributed by atoms with van der Waals surface area (Å²) in [5.74, 6) is -5.80. The summed E-state index contributed by atoms with van der Waals surface area (Å²) in [5.41, 5.74) is 4.28. The zero-order valence-electron chi connectivity index (χ0n) is 32.5. The Morgan fingerprint density at radius 1 is 0.931 bits per heavy atom. The Kier molecular flexibility index (Phi) is 9.34. The standard InChI is InChI=1S/C43H46F4N6O5/c1-24-11-25-13-30(54)3-4-31(25)39(53(24)21-42(2,46)47)38-33(44)15-29(16-34(38)45)50-10-8-43(23-50)7-9-49(22-43)20-37(56)51-17-26-12-28-19-52(35-5-6-36(55)48-40(35)57)41(58)32(28)14-27(26)18-51/h3-4,12-16,24,35,39,54H,5-11,17-23H2,1-2H3,(H,48,55,57)/t24-,35?,39+,43?/m1/s1. The number of imide groups is 1. The Bertz CT molecular complexity index is 2230. The van der Waals surface area contributed by atoms with Crippen LogP contribution in [0.5, 0.6) is 5.75 Å². The quantitative estimate of drug-likeness (QED) is 0.257. The van der Waals surface area contributed by atoms with Crippen LogP contribution in [0.25, 0.3) is 0 Å². The highest BCUT2D eigenvalue weighted by molar-refractivity contribution is 6.05. The van der Waals surface area contributed by atoms with Crippen molar-refractivity contribution >= 4 is 29.3 Å². The van der Waals surface area contributed by atoms with Crippen molar-refractivity contribution < 1.29 is 41.8 Å². The Labute approximate surface area is 333 Å². The lowest BCUT2D eigenvalue weighted by atomic mass is 9.84. The van der Waals surface area contributed by atoms with E-state index in [1.165, 1.54) is 34.1 Å². The summed E-state index contributed by atoms with van der Waals surface area (Å²) >= 11 is 0. The second-order valence-corrected chi connectivity index (χ2v) is 17.5. The first-order valence-electron chi connectivity index (χ1n) is 20.0. The minimum absolute atomic E-state index is 0.000832. The lowest BCUT2D eigenvalue weighted by Gasteiger charge is -2.43. The highest BCUT2D eigenvalue weighted by Gasteiger charge is 2.46. The number of anilines is 1. The predicted octanol–water partition coefficient (Wildman–Crippen LogP) is 4.87. The molecule has 0 radical (unpaired) electrons. The first-order chi connectivity index (χ1) is 27.5. The van der Waals surface area contributed by atoms with Gasteiger partial charge in [-0.15, -0.1) is 0 Å². The van der Waals surface area contributed by atoms with Crippen molar-refractivity contribution in [1.29, 1.82) is 0 Å². The molecule has 0 aromatic heterocycles. The highest BCUT2D eigenvalue weighted by atomic mass is 19.3. The van der Waals surface area contributed by atoms with Gasteiger partial charge >= 0.3 is 0 Å². The second-order valence-electron chi connectivity index (χ2n) is 17.5. The van der Waals surface area contributed by atoms with Gasteiger partial charge in [0.15, 0.2) is 0 Å². The minimum Gasteiger partial charge on any atom is -0.508 e. The molecule has 3 saturated heterocycles. The summed E-state index contributed by atoms with van der Waals surface area (Å²) in [4.78, 5) is 59.9. The van der Waals surface area contributed by atoms with Gasteiger partial charge in [0.2, 0.25) is 17.7 Å². The molecule has 6 aliphatic heterocycles. The molecule has 11 nitrogen and oxygen atoms in total. The van der Waals surface area contributed by atoms with Crippen LogP contribution in [0.1, 0.15) is 89.3 Å². The molecule has 0 bridgehead atoms. The van der Waals surface area contributed by atoms with Crippen molar-refractivity contribution in [2.24, 2.45) is 5.41 Å². The first kappa shape index (κ1) is 38.5. The van der Waals surface area contributed by atoms with Gasteiger partial charge in [-0.3, -0.25) is 34.3 Å². The Balaban J connectivity index is 0.844. The van der Waals surface area contributed by atoms with E-state index < -0.39 is 48.1 Å². The van der Waals surface area contributed by atoms with Crippen molar-refractivity contribution in [1.82, 2.24) is 24.9 Å². The molecule has 306 valence electrons. The number of hydrogen-bond donors (Lipinski definition) is 2. The number of likely N-dealkylation sites (tertiary alicyclic amines) is 1. The van der Waals surface area contributed by atoms with E-state index in [2.05, 4.69) is 10.2 Å². The van der Waals surface area contributed by atoms with E-state index in [9.17, 15) is 33.1 Å². The Hall–Kier alpha value is -5.02. The molecule has 6 aliphatic rings. The molecule has 3 fully saturated rings. The maximum Gasteiger partial charge on any atom is 0.257 e. The zero-order valence-corrected chi connectivity index (χ0v) is 32.5. The van der Waals surface area contributed by atoms with Crippen LogP contribution < -0.4 is 10.2 Å². The van der Waals surface area contributed by atoms with Crippen molar-refractivity contribution in [2.45, 2.75) is 89.6 Å². The van der Waals surface area contributed by atoms with Crippen LogP contribution in [0.2, 0.25) is 0 Å². The van der Waals surface area contributed by atoms with E-state index in [4.69, 9.17) is 0 Å². The monoisotopic (exact) mass is 802 g/mol. The number of carbonyl (C=O) groups excluding carboxylic acids is 4. The number of phenols is 1. The van der Waals surface area contributed by atoms with Gasteiger partial charge in [0.1, 0.15) is 23.4 Å². The topological polar surface area (TPSA) is 117 Å². The van der Waals surface area contributed by atoms with Gasteiger partial charge < -0.3 is 19.8 Å². The molecule has 15 heteroatoms. The SMILES string of the molecule is C[C@@H]1Cc2cc(O)ccc2[C@@H](c2c(F)cc(N3CCC4(CCN(CC(=O)N5Cc6cc7c(cc6C5)C(=O)N(C5CCC(=O)NC5=O)C7)C4)C3)cc2F)N1CC(C)(F)F. The second kappa shape index (κ2) is 14.1. The number of phenolic OH excluding ortho intramolecular Hbond substituents is 1. The summed E-state index contributed by atoms with van der Waals surface area (Å²) in [6.07, 6.45) is 2.43. The first-order valence-corrected chi connectivity index (χ1v) is 20.0. The number of carbonyl (C=O) groups is 4. The fourth-order valence-corrected chi connectivity index (χ4v) is 10.4. The van der Waals surface area contributed by atoms with E-state index in [-0.39, 0.29) is 54.0 Å². The molecule has 4 atom stereocenters. The van der Waals surface area contributed by atoms with E-state index in [1.54, 1.807) is 17.9 Å². The van der Waals surface area contributed by atoms with Crippen LogP contribution in [-0.2, 0) is 40.4 Å². The summed E-state index contributed by atoms with van der Waals surface area (Å²) in [7, 11) is 0. The molecule has 2 N–H and O–H groups in total. The summed E-state index contributed by atoms with van der Waals surface area (Å²) in [5, 5.41) is 12.5. The lowest BCUT2D eigenvalue weighted by Crippen LogP contribution is -2.52. The van der Waals surface area contributed by atoms with Crippen molar-refractivity contribution in [3.05, 3.63) is 93.0 Å². The van der Waals surface area contributed by atoms with E-state index >= 15 is 8.78 Å². The number of benzene rings is 3. The fourth-order valence-electron chi connectivity index (χ4n) is 10.4. The number of nitrogens with zero attached hydrogens (tertiary/aromatic N) is 5. The molecule has 58 heavy (non-hydrogen) atoms. The Morgan fingerprint density at radius 3 is 2.38 bits per heavy atom. The third-order valence-corrected chi connectivity index (χ3v) is 13.2. The van der Waals surface area contributed by atoms with Crippen molar-refractivity contribution in [3.8, 4) is 5.75 Å². The normalized spacial score (nSPS) is 26.1. The van der Waals surface area contributed by atoms with Crippen LogP contribution in [-0.4, -0.2) is 106 Å².